The fraction of sp³-hybridized carbons (Fsp3) is 0.500. The highest BCUT2D eigenvalue weighted by Gasteiger charge is 2.27. The molecule has 1 aromatic carbocycles. The molecule has 2 aliphatic rings. The number of benzene rings is 1. The van der Waals surface area contributed by atoms with Gasteiger partial charge in [0.2, 0.25) is 0 Å². The van der Waals surface area contributed by atoms with E-state index in [0.29, 0.717) is 11.8 Å². The van der Waals surface area contributed by atoms with Gasteiger partial charge in [0, 0.05) is 24.6 Å². The van der Waals surface area contributed by atoms with Gasteiger partial charge in [-0.3, -0.25) is 0 Å². The van der Waals surface area contributed by atoms with E-state index in [9.17, 15) is 0 Å². The summed E-state index contributed by atoms with van der Waals surface area (Å²) in [6.45, 7) is 4.20. The van der Waals surface area contributed by atoms with Gasteiger partial charge in [0.1, 0.15) is 0 Å². The van der Waals surface area contributed by atoms with Crippen molar-refractivity contribution in [2.75, 3.05) is 0 Å². The average Bonchev–Trinajstić information content (AvgIpc) is 3.17. The number of nitrogens with zero attached hydrogens (tertiary/aromatic N) is 2. The maximum Gasteiger partial charge on any atom is 0.257 e. The molecule has 0 saturated heterocycles. The lowest BCUT2D eigenvalue weighted by molar-refractivity contribution is 0.414. The fourth-order valence-corrected chi connectivity index (χ4v) is 3.39. The van der Waals surface area contributed by atoms with Crippen LogP contribution in [0.4, 0.5) is 0 Å². The summed E-state index contributed by atoms with van der Waals surface area (Å²) in [6, 6.07) is 6.41. The molecule has 1 saturated carbocycles. The van der Waals surface area contributed by atoms with Gasteiger partial charge in [-0.2, -0.15) is 4.98 Å². The molecule has 2 aromatic rings. The number of aromatic nitrogens is 2. The number of hydrogen-bond acceptors (Lipinski definition) is 4. The third kappa shape index (κ3) is 2.04. The number of rotatable bonds is 2. The van der Waals surface area contributed by atoms with Crippen molar-refractivity contribution in [3.63, 3.8) is 0 Å². The molecule has 0 bridgehead atoms. The molecule has 2 heterocycles. The molecule has 4 rings (SSSR count). The van der Waals surface area contributed by atoms with E-state index in [2.05, 4.69) is 40.6 Å². The van der Waals surface area contributed by atoms with Crippen LogP contribution in [0.25, 0.3) is 11.5 Å². The summed E-state index contributed by atoms with van der Waals surface area (Å²) >= 11 is 0. The van der Waals surface area contributed by atoms with Gasteiger partial charge < -0.3 is 9.84 Å². The zero-order valence-electron chi connectivity index (χ0n) is 11.7. The second-order valence-electron chi connectivity index (χ2n) is 6.16. The number of nitrogens with one attached hydrogen (secondary N) is 1. The minimum Gasteiger partial charge on any atom is -0.334 e. The van der Waals surface area contributed by atoms with Gasteiger partial charge in [0.25, 0.3) is 5.89 Å². The summed E-state index contributed by atoms with van der Waals surface area (Å²) in [5.41, 5.74) is 3.76. The Labute approximate surface area is 118 Å². The molecule has 1 aliphatic carbocycles. The van der Waals surface area contributed by atoms with E-state index < -0.39 is 0 Å². The average molecular weight is 269 g/mol. The summed E-state index contributed by atoms with van der Waals surface area (Å²) in [5.74, 6) is 2.82. The highest BCUT2D eigenvalue weighted by Crippen LogP contribution is 2.37. The van der Waals surface area contributed by atoms with Gasteiger partial charge in [-0.25, -0.2) is 0 Å². The zero-order valence-corrected chi connectivity index (χ0v) is 11.7. The first-order valence-electron chi connectivity index (χ1n) is 7.46. The second kappa shape index (κ2) is 4.70. The fourth-order valence-electron chi connectivity index (χ4n) is 3.39. The van der Waals surface area contributed by atoms with E-state index >= 15 is 0 Å². The molecule has 0 spiro atoms. The molecule has 1 aromatic heterocycles. The zero-order chi connectivity index (χ0) is 13.5. The van der Waals surface area contributed by atoms with E-state index in [1.165, 1.54) is 30.4 Å². The van der Waals surface area contributed by atoms with E-state index in [-0.39, 0.29) is 0 Å². The first-order chi connectivity index (χ1) is 9.79. The van der Waals surface area contributed by atoms with Crippen LogP contribution in [0.5, 0.6) is 0 Å². The first-order valence-corrected chi connectivity index (χ1v) is 7.46. The van der Waals surface area contributed by atoms with E-state index in [0.717, 1.165) is 30.4 Å². The van der Waals surface area contributed by atoms with Crippen molar-refractivity contribution in [1.82, 2.24) is 15.5 Å². The van der Waals surface area contributed by atoms with Crippen molar-refractivity contribution in [3.8, 4) is 11.5 Å². The van der Waals surface area contributed by atoms with Crippen LogP contribution >= 0.6 is 0 Å². The van der Waals surface area contributed by atoms with E-state index in [1.54, 1.807) is 0 Å². The van der Waals surface area contributed by atoms with Crippen molar-refractivity contribution in [2.24, 2.45) is 5.92 Å². The molecule has 4 nitrogen and oxygen atoms in total. The third-order valence-electron chi connectivity index (χ3n) is 4.59. The quantitative estimate of drug-likeness (QED) is 0.909. The normalized spacial score (nSPS) is 25.1. The van der Waals surface area contributed by atoms with Crippen molar-refractivity contribution in [3.05, 3.63) is 35.2 Å². The van der Waals surface area contributed by atoms with Crippen molar-refractivity contribution in [2.45, 2.75) is 45.2 Å². The standard InChI is InChI=1S/C16H19N3O/c1-10-2-3-11(6-10)15-18-16(20-19-15)12-4-5-13-8-17-9-14(13)7-12/h4-5,7,10-11,17H,2-3,6,8-9H2,1H3. The Morgan fingerprint density at radius 3 is 2.95 bits per heavy atom. The predicted molar refractivity (Wildman–Crippen MR) is 76.0 cm³/mol. The van der Waals surface area contributed by atoms with Crippen LogP contribution < -0.4 is 5.32 Å². The summed E-state index contributed by atoms with van der Waals surface area (Å²) in [4.78, 5) is 4.62. The predicted octanol–water partition coefficient (Wildman–Crippen LogP) is 3.24. The molecule has 0 radical (unpaired) electrons. The molecule has 4 heteroatoms. The largest absolute Gasteiger partial charge is 0.334 e. The van der Waals surface area contributed by atoms with Crippen LogP contribution in [0.15, 0.2) is 22.7 Å². The van der Waals surface area contributed by atoms with Gasteiger partial charge in [-0.1, -0.05) is 18.1 Å². The Balaban J connectivity index is 1.61. The molecule has 1 N–H and O–H groups in total. The van der Waals surface area contributed by atoms with E-state index in [1.807, 2.05) is 0 Å². The van der Waals surface area contributed by atoms with Gasteiger partial charge in [-0.05, 0) is 48.4 Å². The Kier molecular flexibility index (Phi) is 2.84. The number of fused-ring (bicyclic) bond motifs is 1. The Morgan fingerprint density at radius 2 is 2.10 bits per heavy atom. The van der Waals surface area contributed by atoms with Gasteiger partial charge in [0.15, 0.2) is 5.82 Å². The summed E-state index contributed by atoms with van der Waals surface area (Å²) < 4.78 is 5.48. The molecule has 20 heavy (non-hydrogen) atoms. The lowest BCUT2D eigenvalue weighted by atomic mass is 10.1. The summed E-state index contributed by atoms with van der Waals surface area (Å²) in [7, 11) is 0. The van der Waals surface area contributed by atoms with Crippen molar-refractivity contribution in [1.29, 1.82) is 0 Å². The molecule has 1 aliphatic heterocycles. The lowest BCUT2D eigenvalue weighted by Crippen LogP contribution is -1.99. The maximum absolute atomic E-state index is 5.48. The highest BCUT2D eigenvalue weighted by molar-refractivity contribution is 5.56. The van der Waals surface area contributed by atoms with Crippen molar-refractivity contribution >= 4 is 0 Å². The lowest BCUT2D eigenvalue weighted by Gasteiger charge is -2.02. The van der Waals surface area contributed by atoms with Gasteiger partial charge >= 0.3 is 0 Å². The maximum atomic E-state index is 5.48. The summed E-state index contributed by atoms with van der Waals surface area (Å²) in [5, 5.41) is 7.56. The SMILES string of the molecule is CC1CCC(c2noc(-c3ccc4c(c3)CNC4)n2)C1. The van der Waals surface area contributed by atoms with Crippen LogP contribution in [0, 0.1) is 5.92 Å². The molecule has 1 fully saturated rings. The number of hydrogen-bond donors (Lipinski definition) is 1. The van der Waals surface area contributed by atoms with Gasteiger partial charge in [-0.15, -0.1) is 0 Å². The molecular formula is C16H19N3O. The van der Waals surface area contributed by atoms with E-state index in [4.69, 9.17) is 4.52 Å². The summed E-state index contributed by atoms with van der Waals surface area (Å²) in [6.07, 6.45) is 3.65. The monoisotopic (exact) mass is 269 g/mol. The molecule has 2 atom stereocenters. The minimum absolute atomic E-state index is 0.485. The van der Waals surface area contributed by atoms with Crippen LogP contribution in [0.1, 0.15) is 49.1 Å². The van der Waals surface area contributed by atoms with Crippen LogP contribution in [-0.4, -0.2) is 10.1 Å². The second-order valence-corrected chi connectivity index (χ2v) is 6.16. The Bertz CT molecular complexity index is 634. The molecule has 0 amide bonds. The Morgan fingerprint density at radius 1 is 1.20 bits per heavy atom. The molecular weight excluding hydrogens is 250 g/mol. The van der Waals surface area contributed by atoms with Crippen molar-refractivity contribution < 1.29 is 4.52 Å². The van der Waals surface area contributed by atoms with Crippen LogP contribution in [0.3, 0.4) is 0 Å². The van der Waals surface area contributed by atoms with Crippen LogP contribution in [-0.2, 0) is 13.1 Å². The van der Waals surface area contributed by atoms with Gasteiger partial charge in [0.05, 0.1) is 0 Å². The third-order valence-corrected chi connectivity index (χ3v) is 4.59. The Hall–Kier alpha value is -1.68. The topological polar surface area (TPSA) is 51.0 Å². The smallest absolute Gasteiger partial charge is 0.257 e. The van der Waals surface area contributed by atoms with Crippen LogP contribution in [0.2, 0.25) is 0 Å². The highest BCUT2D eigenvalue weighted by atomic mass is 16.5. The molecule has 2 unspecified atom stereocenters. The first kappa shape index (κ1) is 12.1. The molecule has 104 valence electrons. The minimum atomic E-state index is 0.485.